The summed E-state index contributed by atoms with van der Waals surface area (Å²) in [6, 6.07) is 14.6. The van der Waals surface area contributed by atoms with Crippen molar-refractivity contribution >= 4 is 46.2 Å². The predicted octanol–water partition coefficient (Wildman–Crippen LogP) is 4.85. The highest BCUT2D eigenvalue weighted by Gasteiger charge is 2.36. The van der Waals surface area contributed by atoms with Gasteiger partial charge in [0.1, 0.15) is 0 Å². The molecule has 42 heavy (non-hydrogen) atoms. The summed E-state index contributed by atoms with van der Waals surface area (Å²) >= 11 is 12.0. The number of alkyl halides is 3. The first-order valence-electron chi connectivity index (χ1n) is 13.7. The van der Waals surface area contributed by atoms with Crippen molar-refractivity contribution in [2.45, 2.75) is 31.2 Å². The molecular formula is C30H31ClF3N5O2S. The third-order valence-corrected chi connectivity index (χ3v) is 8.13. The zero-order valence-electron chi connectivity index (χ0n) is 23.0. The number of hydrogen-bond acceptors (Lipinski definition) is 5. The lowest BCUT2D eigenvalue weighted by atomic mass is 9.92. The van der Waals surface area contributed by atoms with Crippen LogP contribution in [0.15, 0.2) is 76.8 Å². The lowest BCUT2D eigenvalue weighted by Crippen LogP contribution is -2.53. The number of carbonyl (C=O) groups excluding carboxylic acids is 1. The van der Waals surface area contributed by atoms with Crippen LogP contribution < -0.4 is 15.5 Å². The Morgan fingerprint density at radius 1 is 1.14 bits per heavy atom. The van der Waals surface area contributed by atoms with Crippen LogP contribution in [0.2, 0.25) is 5.02 Å². The molecule has 1 amide bonds. The second-order valence-corrected chi connectivity index (χ2v) is 11.1. The van der Waals surface area contributed by atoms with Crippen molar-refractivity contribution in [2.24, 2.45) is 4.99 Å². The van der Waals surface area contributed by atoms with Gasteiger partial charge in [-0.05, 0) is 43.3 Å². The standard InChI is InChI=1S/C30H31ClF3N5O2S/c1-38-24-12-11-22(31)17-23(24)26(20-5-3-2-4-6-20)36-27(28(38)40)37-29(42)35-18-25(39-13-15-41-16-14-39)19-7-9-21(10-8-19)30(32,33)34/h2-7,9,11-12,17,25,27H,8,10,13-16,18H2,1H3,(H2,35,37,42). The monoisotopic (exact) mass is 617 g/mol. The number of morpholine rings is 1. The first kappa shape index (κ1) is 30.2. The summed E-state index contributed by atoms with van der Waals surface area (Å²) < 4.78 is 45.2. The van der Waals surface area contributed by atoms with Gasteiger partial charge in [0, 0.05) is 54.4 Å². The molecule has 2 heterocycles. The van der Waals surface area contributed by atoms with Gasteiger partial charge in [-0.3, -0.25) is 9.69 Å². The quantitative estimate of drug-likeness (QED) is 0.452. The average Bonchev–Trinajstić information content (AvgIpc) is 3.08. The second-order valence-electron chi connectivity index (χ2n) is 10.3. The van der Waals surface area contributed by atoms with E-state index in [2.05, 4.69) is 15.5 Å². The highest BCUT2D eigenvalue weighted by molar-refractivity contribution is 7.80. The molecule has 2 unspecified atom stereocenters. The highest BCUT2D eigenvalue weighted by Crippen LogP contribution is 2.34. The molecule has 222 valence electrons. The Balaban J connectivity index is 1.36. The third kappa shape index (κ3) is 6.86. The lowest BCUT2D eigenvalue weighted by Gasteiger charge is -2.37. The molecule has 5 rings (SSSR count). The SMILES string of the molecule is CN1C(=O)C(NC(=S)NCC(C2=CC=C(C(F)(F)F)CC2)N2CCOCC2)N=C(c2ccccc2)c2cc(Cl)ccc21. The molecular weight excluding hydrogens is 587 g/mol. The van der Waals surface area contributed by atoms with Gasteiger partial charge in [0.05, 0.1) is 24.6 Å². The van der Waals surface area contributed by atoms with Crippen LogP contribution in [0, 0.1) is 0 Å². The number of likely N-dealkylation sites (N-methyl/N-ethyl adjacent to an activating group) is 1. The largest absolute Gasteiger partial charge is 0.412 e. The average molecular weight is 618 g/mol. The number of aliphatic imine (C=N–C) groups is 1. The Bertz CT molecular complexity index is 1420. The number of amides is 1. The van der Waals surface area contributed by atoms with E-state index >= 15 is 0 Å². The molecule has 0 radical (unpaired) electrons. The molecule has 2 aromatic carbocycles. The lowest BCUT2D eigenvalue weighted by molar-refractivity contribution is -0.119. The van der Waals surface area contributed by atoms with Crippen LogP contribution in [0.4, 0.5) is 18.9 Å². The van der Waals surface area contributed by atoms with Crippen molar-refractivity contribution in [2.75, 3.05) is 44.8 Å². The summed E-state index contributed by atoms with van der Waals surface area (Å²) in [4.78, 5) is 22.1. The Labute approximate surface area is 253 Å². The van der Waals surface area contributed by atoms with Gasteiger partial charge in [-0.2, -0.15) is 13.2 Å². The van der Waals surface area contributed by atoms with Gasteiger partial charge in [-0.25, -0.2) is 4.99 Å². The number of nitrogens with zero attached hydrogens (tertiary/aromatic N) is 3. The minimum atomic E-state index is -4.33. The van der Waals surface area contributed by atoms with E-state index in [1.165, 1.54) is 11.0 Å². The van der Waals surface area contributed by atoms with Crippen molar-refractivity contribution in [3.63, 3.8) is 0 Å². The Kier molecular flexibility index (Phi) is 9.32. The number of allylic oxidation sites excluding steroid dienone is 3. The van der Waals surface area contributed by atoms with Crippen molar-refractivity contribution in [1.29, 1.82) is 0 Å². The number of carbonyl (C=O) groups is 1. The van der Waals surface area contributed by atoms with Gasteiger partial charge >= 0.3 is 6.18 Å². The molecule has 3 aliphatic rings. The van der Waals surface area contributed by atoms with E-state index < -0.39 is 17.9 Å². The van der Waals surface area contributed by atoms with Crippen LogP contribution in [0.1, 0.15) is 24.0 Å². The van der Waals surface area contributed by atoms with E-state index in [0.29, 0.717) is 55.7 Å². The fourth-order valence-corrected chi connectivity index (χ4v) is 5.75. The third-order valence-electron chi connectivity index (χ3n) is 7.63. The molecule has 0 aromatic heterocycles. The Hall–Kier alpha value is -3.25. The zero-order chi connectivity index (χ0) is 29.9. The van der Waals surface area contributed by atoms with Crippen molar-refractivity contribution in [3.05, 3.63) is 88.0 Å². The minimum Gasteiger partial charge on any atom is -0.379 e. The summed E-state index contributed by atoms with van der Waals surface area (Å²) in [6.45, 7) is 2.73. The van der Waals surface area contributed by atoms with Gasteiger partial charge < -0.3 is 20.3 Å². The normalized spacial score (nSPS) is 20.5. The maximum atomic E-state index is 13.6. The van der Waals surface area contributed by atoms with E-state index in [9.17, 15) is 18.0 Å². The van der Waals surface area contributed by atoms with Gasteiger partial charge in [-0.15, -0.1) is 0 Å². The van der Waals surface area contributed by atoms with Gasteiger partial charge in [0.25, 0.3) is 5.91 Å². The molecule has 0 bridgehead atoms. The number of ether oxygens (including phenoxy) is 1. The van der Waals surface area contributed by atoms with Crippen LogP contribution >= 0.6 is 23.8 Å². The first-order chi connectivity index (χ1) is 20.1. The highest BCUT2D eigenvalue weighted by atomic mass is 35.5. The van der Waals surface area contributed by atoms with Gasteiger partial charge in [-0.1, -0.05) is 59.7 Å². The van der Waals surface area contributed by atoms with Crippen molar-refractivity contribution < 1.29 is 22.7 Å². The number of thiocarbonyl (C=S) groups is 1. The van der Waals surface area contributed by atoms with Gasteiger partial charge in [0.2, 0.25) is 6.17 Å². The molecule has 0 spiro atoms. The van der Waals surface area contributed by atoms with Crippen LogP contribution in [0.3, 0.4) is 0 Å². The molecule has 1 saturated heterocycles. The molecule has 2 N–H and O–H groups in total. The number of halogens is 4. The second kappa shape index (κ2) is 12.9. The maximum Gasteiger partial charge on any atom is 0.412 e. The number of anilines is 1. The Morgan fingerprint density at radius 3 is 2.55 bits per heavy atom. The van der Waals surface area contributed by atoms with Crippen LogP contribution in [0.5, 0.6) is 0 Å². The molecule has 1 aliphatic carbocycles. The molecule has 1 fully saturated rings. The van der Waals surface area contributed by atoms with Crippen molar-refractivity contribution in [1.82, 2.24) is 15.5 Å². The number of rotatable bonds is 6. The molecule has 2 atom stereocenters. The number of benzene rings is 2. The fourth-order valence-electron chi connectivity index (χ4n) is 5.38. The fraction of sp³-hybridized carbons (Fsp3) is 0.367. The van der Waals surface area contributed by atoms with Crippen molar-refractivity contribution in [3.8, 4) is 0 Å². The number of benzodiazepines with no additional fused rings is 1. The van der Waals surface area contributed by atoms with E-state index in [-0.39, 0.29) is 23.5 Å². The van der Waals surface area contributed by atoms with Crippen LogP contribution in [-0.4, -0.2) is 79.9 Å². The molecule has 2 aromatic rings. The molecule has 12 heteroatoms. The van der Waals surface area contributed by atoms with E-state index in [4.69, 9.17) is 33.5 Å². The smallest absolute Gasteiger partial charge is 0.379 e. The number of nitrogens with one attached hydrogen (secondary N) is 2. The maximum absolute atomic E-state index is 13.6. The topological polar surface area (TPSA) is 69.2 Å². The summed E-state index contributed by atoms with van der Waals surface area (Å²) in [7, 11) is 1.68. The number of fused-ring (bicyclic) bond motifs is 1. The van der Waals surface area contributed by atoms with E-state index in [1.54, 1.807) is 31.3 Å². The zero-order valence-corrected chi connectivity index (χ0v) is 24.5. The van der Waals surface area contributed by atoms with E-state index in [1.807, 2.05) is 30.3 Å². The van der Waals surface area contributed by atoms with Crippen LogP contribution in [0.25, 0.3) is 0 Å². The van der Waals surface area contributed by atoms with Gasteiger partial charge in [0.15, 0.2) is 5.11 Å². The number of hydrogen-bond donors (Lipinski definition) is 2. The molecule has 2 aliphatic heterocycles. The van der Waals surface area contributed by atoms with E-state index in [0.717, 1.165) is 16.7 Å². The predicted molar refractivity (Wildman–Crippen MR) is 162 cm³/mol. The summed E-state index contributed by atoms with van der Waals surface area (Å²) in [5.74, 6) is -0.307. The Morgan fingerprint density at radius 2 is 1.88 bits per heavy atom. The van der Waals surface area contributed by atoms with Crippen LogP contribution in [-0.2, 0) is 9.53 Å². The summed E-state index contributed by atoms with van der Waals surface area (Å²) in [5, 5.41) is 6.99. The first-order valence-corrected chi connectivity index (χ1v) is 14.4. The molecule has 7 nitrogen and oxygen atoms in total. The summed E-state index contributed by atoms with van der Waals surface area (Å²) in [5.41, 5.74) is 3.16. The minimum absolute atomic E-state index is 0.0661. The summed E-state index contributed by atoms with van der Waals surface area (Å²) in [6.07, 6.45) is -2.37. The molecule has 0 saturated carbocycles.